The number of halogens is 1. The molecule has 1 aliphatic heterocycles. The summed E-state index contributed by atoms with van der Waals surface area (Å²) in [5.41, 5.74) is 7.26. The molecule has 0 fully saturated rings. The number of carbonyl (C=O) groups is 2. The van der Waals surface area contributed by atoms with Crippen LogP contribution < -0.4 is 15.5 Å². The summed E-state index contributed by atoms with van der Waals surface area (Å²) in [6.07, 6.45) is 6.04. The van der Waals surface area contributed by atoms with Crippen LogP contribution in [0.2, 0.25) is 5.02 Å². The summed E-state index contributed by atoms with van der Waals surface area (Å²) in [6.45, 7) is 3.42. The molecule has 2 unspecified atom stereocenters. The smallest absolute Gasteiger partial charge is 0.319 e. The molecule has 1 aliphatic carbocycles. The molecule has 2 heterocycles. The molecule has 0 saturated heterocycles. The van der Waals surface area contributed by atoms with Crippen molar-refractivity contribution in [2.45, 2.75) is 44.6 Å². The normalized spacial score (nSPS) is 17.5. The van der Waals surface area contributed by atoms with Gasteiger partial charge in [-0.2, -0.15) is 0 Å². The largest absolute Gasteiger partial charge is 0.361 e. The fourth-order valence-electron chi connectivity index (χ4n) is 6.74. The highest BCUT2D eigenvalue weighted by atomic mass is 35.5. The quantitative estimate of drug-likeness (QED) is 0.236. The Bertz CT molecular complexity index is 1630. The third kappa shape index (κ3) is 5.76. The number of rotatable bonds is 7. The van der Waals surface area contributed by atoms with Crippen LogP contribution in [0.15, 0.2) is 66.9 Å². The van der Waals surface area contributed by atoms with Crippen LogP contribution in [0.5, 0.6) is 0 Å². The first-order valence-electron chi connectivity index (χ1n) is 14.8. The number of hydrogen-bond donors (Lipinski definition) is 3. The molecule has 0 bridgehead atoms. The lowest BCUT2D eigenvalue weighted by Crippen LogP contribution is -2.55. The van der Waals surface area contributed by atoms with Gasteiger partial charge in [0.2, 0.25) is 5.91 Å². The van der Waals surface area contributed by atoms with Gasteiger partial charge in [0.25, 0.3) is 0 Å². The lowest BCUT2D eigenvalue weighted by atomic mass is 9.88. The highest BCUT2D eigenvalue weighted by Gasteiger charge is 2.37. The standard InChI is InChI=1S/C34H38ClN5O2/c1-21(29-18-36-30-10-5-4-9-28(29)30)32(38-34(42)37-27-13-11-23-7-6-8-24(23)17-27)33(41)40-20-22(19-39(2)3)15-25-16-26(35)12-14-31(25)40/h4-5,9-14,16-18,21-22,32,36H,6-8,15,19-20H2,1-3H3,(H2,37,38,42)/t21?,22-,32?/m1/s1. The van der Waals surface area contributed by atoms with Crippen molar-refractivity contribution in [1.29, 1.82) is 0 Å². The van der Waals surface area contributed by atoms with Crippen LogP contribution in [0.3, 0.4) is 0 Å². The van der Waals surface area contributed by atoms with Gasteiger partial charge in [-0.15, -0.1) is 0 Å². The second-order valence-electron chi connectivity index (χ2n) is 12.0. The summed E-state index contributed by atoms with van der Waals surface area (Å²) in [5, 5.41) is 7.79. The van der Waals surface area contributed by atoms with Crippen LogP contribution >= 0.6 is 11.6 Å². The van der Waals surface area contributed by atoms with Crippen molar-refractivity contribution in [3.8, 4) is 0 Å². The highest BCUT2D eigenvalue weighted by molar-refractivity contribution is 6.30. The van der Waals surface area contributed by atoms with Crippen molar-refractivity contribution in [1.82, 2.24) is 15.2 Å². The molecule has 218 valence electrons. The van der Waals surface area contributed by atoms with Crippen LogP contribution in [0, 0.1) is 5.92 Å². The maximum absolute atomic E-state index is 14.6. The second-order valence-corrected chi connectivity index (χ2v) is 12.5. The van der Waals surface area contributed by atoms with E-state index in [2.05, 4.69) is 38.7 Å². The van der Waals surface area contributed by atoms with Crippen molar-refractivity contribution in [2.75, 3.05) is 37.4 Å². The van der Waals surface area contributed by atoms with Crippen LogP contribution in [0.1, 0.15) is 41.5 Å². The molecule has 0 saturated carbocycles. The van der Waals surface area contributed by atoms with E-state index in [9.17, 15) is 9.59 Å². The molecule has 4 aromatic rings. The number of aromatic nitrogens is 1. The zero-order chi connectivity index (χ0) is 29.4. The van der Waals surface area contributed by atoms with Gasteiger partial charge in [-0.05, 0) is 104 Å². The molecule has 2 aliphatic rings. The van der Waals surface area contributed by atoms with Crippen molar-refractivity contribution < 1.29 is 9.59 Å². The van der Waals surface area contributed by atoms with E-state index in [-0.39, 0.29) is 17.7 Å². The van der Waals surface area contributed by atoms with Gasteiger partial charge >= 0.3 is 6.03 Å². The Kier molecular flexibility index (Phi) is 7.97. The zero-order valence-corrected chi connectivity index (χ0v) is 25.2. The molecule has 42 heavy (non-hydrogen) atoms. The first-order valence-corrected chi connectivity index (χ1v) is 15.1. The van der Waals surface area contributed by atoms with E-state index in [0.29, 0.717) is 11.6 Å². The highest BCUT2D eigenvalue weighted by Crippen LogP contribution is 2.35. The van der Waals surface area contributed by atoms with E-state index in [1.165, 1.54) is 11.1 Å². The Morgan fingerprint density at radius 3 is 2.69 bits per heavy atom. The molecule has 3 atom stereocenters. The van der Waals surface area contributed by atoms with Crippen LogP contribution in [0.4, 0.5) is 16.2 Å². The topological polar surface area (TPSA) is 80.5 Å². The Balaban J connectivity index is 1.33. The van der Waals surface area contributed by atoms with Crippen LogP contribution in [-0.2, 0) is 24.1 Å². The number of fused-ring (bicyclic) bond motifs is 3. The molecule has 8 heteroatoms. The number of amides is 3. The first-order chi connectivity index (χ1) is 20.3. The number of nitrogens with zero attached hydrogens (tertiary/aromatic N) is 2. The van der Waals surface area contributed by atoms with E-state index in [0.717, 1.165) is 65.6 Å². The Hall–Kier alpha value is -3.81. The minimum atomic E-state index is -0.805. The predicted molar refractivity (Wildman–Crippen MR) is 171 cm³/mol. The lowest BCUT2D eigenvalue weighted by molar-refractivity contribution is -0.121. The summed E-state index contributed by atoms with van der Waals surface area (Å²) in [4.78, 5) is 35.5. The van der Waals surface area contributed by atoms with Gasteiger partial charge in [0.05, 0.1) is 0 Å². The molecule has 6 rings (SSSR count). The summed E-state index contributed by atoms with van der Waals surface area (Å²) >= 11 is 6.39. The number of carbonyl (C=O) groups excluding carboxylic acids is 2. The number of nitrogens with one attached hydrogen (secondary N) is 3. The van der Waals surface area contributed by atoms with Gasteiger partial charge in [0.15, 0.2) is 0 Å². The van der Waals surface area contributed by atoms with Crippen molar-refractivity contribution in [3.63, 3.8) is 0 Å². The fraction of sp³-hybridized carbons (Fsp3) is 0.353. The van der Waals surface area contributed by atoms with Gasteiger partial charge in [0, 0.05) is 52.5 Å². The van der Waals surface area contributed by atoms with E-state index in [4.69, 9.17) is 11.6 Å². The predicted octanol–water partition coefficient (Wildman–Crippen LogP) is 6.37. The van der Waals surface area contributed by atoms with Gasteiger partial charge in [-0.3, -0.25) is 4.79 Å². The molecular weight excluding hydrogens is 546 g/mol. The summed E-state index contributed by atoms with van der Waals surface area (Å²) in [7, 11) is 4.10. The number of aryl methyl sites for hydroxylation is 2. The molecule has 3 N–H and O–H groups in total. The number of H-pyrrole nitrogens is 1. The Labute approximate surface area is 252 Å². The van der Waals surface area contributed by atoms with Gasteiger partial charge in [0.1, 0.15) is 6.04 Å². The molecule has 3 amide bonds. The first kappa shape index (κ1) is 28.3. The van der Waals surface area contributed by atoms with Gasteiger partial charge in [-0.25, -0.2) is 4.79 Å². The van der Waals surface area contributed by atoms with Crippen LogP contribution in [-0.4, -0.2) is 55.0 Å². The monoisotopic (exact) mass is 583 g/mol. The van der Waals surface area contributed by atoms with E-state index >= 15 is 0 Å². The average molecular weight is 584 g/mol. The molecule has 3 aromatic carbocycles. The summed E-state index contributed by atoms with van der Waals surface area (Å²) in [6, 6.07) is 18.7. The van der Waals surface area contributed by atoms with E-state index < -0.39 is 12.1 Å². The lowest BCUT2D eigenvalue weighted by Gasteiger charge is -2.38. The SMILES string of the molecule is CC(c1c[nH]c2ccccc12)C(NC(=O)Nc1ccc2c(c1)CCC2)C(=O)N1C[C@@H](CN(C)C)Cc2cc(Cl)ccc21. The number of urea groups is 1. The molecule has 0 spiro atoms. The Morgan fingerprint density at radius 2 is 1.86 bits per heavy atom. The number of hydrogen-bond acceptors (Lipinski definition) is 3. The zero-order valence-electron chi connectivity index (χ0n) is 24.4. The van der Waals surface area contributed by atoms with Gasteiger partial charge < -0.3 is 25.4 Å². The third-order valence-electron chi connectivity index (χ3n) is 8.69. The number of anilines is 2. The summed E-state index contributed by atoms with van der Waals surface area (Å²) < 4.78 is 0. The molecular formula is C34H38ClN5O2. The third-order valence-corrected chi connectivity index (χ3v) is 8.93. The second kappa shape index (κ2) is 11.8. The van der Waals surface area contributed by atoms with E-state index in [1.807, 2.05) is 74.6 Å². The van der Waals surface area contributed by atoms with E-state index in [1.54, 1.807) is 0 Å². The number of benzene rings is 3. The van der Waals surface area contributed by atoms with Crippen LogP contribution in [0.25, 0.3) is 10.9 Å². The van der Waals surface area contributed by atoms with Crippen molar-refractivity contribution >= 4 is 45.8 Å². The molecule has 7 nitrogen and oxygen atoms in total. The van der Waals surface area contributed by atoms with Crippen molar-refractivity contribution in [2.24, 2.45) is 5.92 Å². The van der Waals surface area contributed by atoms with Crippen molar-refractivity contribution in [3.05, 3.63) is 94.1 Å². The number of aromatic amines is 1. The summed E-state index contributed by atoms with van der Waals surface area (Å²) in [5.74, 6) is -0.201. The van der Waals surface area contributed by atoms with Gasteiger partial charge in [-0.1, -0.05) is 42.8 Å². The maximum atomic E-state index is 14.6. The minimum absolute atomic E-state index is 0.135. The molecule has 1 aromatic heterocycles. The average Bonchev–Trinajstić information content (AvgIpc) is 3.61. The maximum Gasteiger partial charge on any atom is 0.319 e. The minimum Gasteiger partial charge on any atom is -0.361 e. The Morgan fingerprint density at radius 1 is 1.05 bits per heavy atom. The molecule has 0 radical (unpaired) electrons. The fourth-order valence-corrected chi connectivity index (χ4v) is 6.93. The number of para-hydroxylation sites is 1.